The Labute approximate surface area is 123 Å². The number of carboxylic acid groups (broad SMARTS) is 1. The summed E-state index contributed by atoms with van der Waals surface area (Å²) >= 11 is 0. The minimum atomic E-state index is -3.30. The highest BCUT2D eigenvalue weighted by Gasteiger charge is 2.22. The Morgan fingerprint density at radius 3 is 2.48 bits per heavy atom. The van der Waals surface area contributed by atoms with E-state index < -0.39 is 27.8 Å². The molecule has 0 radical (unpaired) electrons. The summed E-state index contributed by atoms with van der Waals surface area (Å²) in [7, 11) is -3.30. The van der Waals surface area contributed by atoms with Crippen LogP contribution in [-0.4, -0.2) is 43.5 Å². The molecule has 4 N–H and O–H groups in total. The molecular weight excluding hydrogens is 296 g/mol. The minimum absolute atomic E-state index is 0.193. The monoisotopic (exact) mass is 314 g/mol. The molecule has 21 heavy (non-hydrogen) atoms. The fourth-order valence-corrected chi connectivity index (χ4v) is 2.28. The van der Waals surface area contributed by atoms with Crippen LogP contribution >= 0.6 is 0 Å². The molecule has 1 rings (SSSR count). The van der Waals surface area contributed by atoms with E-state index in [9.17, 15) is 18.0 Å². The first-order valence-corrected chi connectivity index (χ1v) is 8.23. The first kappa shape index (κ1) is 17.0. The summed E-state index contributed by atoms with van der Waals surface area (Å²) < 4.78 is 22.1. The number of nitrogen functional groups attached to an aromatic ring is 1. The van der Waals surface area contributed by atoms with Crippen molar-refractivity contribution in [2.24, 2.45) is 0 Å². The van der Waals surface area contributed by atoms with Crippen molar-refractivity contribution in [3.05, 3.63) is 29.3 Å². The number of hydrogen-bond acceptors (Lipinski definition) is 5. The number of rotatable bonds is 6. The number of nitrogens with one attached hydrogen (secondary N) is 1. The van der Waals surface area contributed by atoms with E-state index in [4.69, 9.17) is 10.8 Å². The van der Waals surface area contributed by atoms with Crippen LogP contribution in [0.3, 0.4) is 0 Å². The fraction of sp³-hybridized carbons (Fsp3) is 0.385. The van der Waals surface area contributed by atoms with Crippen molar-refractivity contribution < 1.29 is 23.1 Å². The van der Waals surface area contributed by atoms with Gasteiger partial charge in [-0.2, -0.15) is 0 Å². The fourth-order valence-electron chi connectivity index (χ4n) is 1.61. The summed E-state index contributed by atoms with van der Waals surface area (Å²) in [6.45, 7) is 1.78. The van der Waals surface area contributed by atoms with E-state index in [1.165, 1.54) is 12.1 Å². The van der Waals surface area contributed by atoms with Crippen molar-refractivity contribution >= 4 is 27.4 Å². The SMILES string of the molecule is Cc1ccc(C(=O)NC(CCS(C)(=O)=O)C(=O)O)cc1N. The van der Waals surface area contributed by atoms with Gasteiger partial charge in [0.25, 0.3) is 5.91 Å². The van der Waals surface area contributed by atoms with E-state index in [2.05, 4.69) is 5.32 Å². The van der Waals surface area contributed by atoms with Crippen LogP contribution < -0.4 is 11.1 Å². The van der Waals surface area contributed by atoms with Gasteiger partial charge in [-0.25, -0.2) is 13.2 Å². The molecule has 116 valence electrons. The van der Waals surface area contributed by atoms with E-state index in [1.807, 2.05) is 0 Å². The van der Waals surface area contributed by atoms with Gasteiger partial charge in [0, 0.05) is 17.5 Å². The van der Waals surface area contributed by atoms with Crippen LogP contribution in [0, 0.1) is 6.92 Å². The maximum atomic E-state index is 12.0. The predicted octanol–water partition coefficient (Wildman–Crippen LogP) is 0.195. The highest BCUT2D eigenvalue weighted by molar-refractivity contribution is 7.90. The molecule has 0 spiro atoms. The number of sulfone groups is 1. The molecule has 0 aliphatic carbocycles. The number of aryl methyl sites for hydroxylation is 1. The summed E-state index contributed by atoms with van der Waals surface area (Å²) in [6, 6.07) is 3.35. The molecule has 1 aromatic rings. The van der Waals surface area contributed by atoms with Crippen LogP contribution in [-0.2, 0) is 14.6 Å². The number of carbonyl (C=O) groups excluding carboxylic acids is 1. The van der Waals surface area contributed by atoms with Crippen molar-refractivity contribution in [3.63, 3.8) is 0 Å². The summed E-state index contributed by atoms with van der Waals surface area (Å²) in [5.41, 5.74) is 7.14. The zero-order valence-electron chi connectivity index (χ0n) is 11.8. The third-order valence-electron chi connectivity index (χ3n) is 2.92. The lowest BCUT2D eigenvalue weighted by Gasteiger charge is -2.14. The number of nitrogens with two attached hydrogens (primary N) is 1. The van der Waals surface area contributed by atoms with Gasteiger partial charge in [-0.15, -0.1) is 0 Å². The zero-order chi connectivity index (χ0) is 16.2. The van der Waals surface area contributed by atoms with Gasteiger partial charge in [0.15, 0.2) is 0 Å². The molecule has 8 heteroatoms. The highest BCUT2D eigenvalue weighted by Crippen LogP contribution is 2.13. The lowest BCUT2D eigenvalue weighted by Crippen LogP contribution is -2.41. The molecule has 0 aliphatic heterocycles. The Kier molecular flexibility index (Phi) is 5.31. The second kappa shape index (κ2) is 6.57. The first-order chi connectivity index (χ1) is 9.60. The molecule has 1 amide bonds. The lowest BCUT2D eigenvalue weighted by molar-refractivity contribution is -0.139. The van der Waals surface area contributed by atoms with Crippen LogP contribution in [0.1, 0.15) is 22.3 Å². The van der Waals surface area contributed by atoms with Crippen molar-refractivity contribution in [2.45, 2.75) is 19.4 Å². The molecule has 0 saturated heterocycles. The quantitative estimate of drug-likeness (QED) is 0.644. The van der Waals surface area contributed by atoms with Crippen LogP contribution in [0.15, 0.2) is 18.2 Å². The number of carboxylic acids is 1. The lowest BCUT2D eigenvalue weighted by atomic mass is 10.1. The Hall–Kier alpha value is -2.09. The number of hydrogen-bond donors (Lipinski definition) is 3. The first-order valence-electron chi connectivity index (χ1n) is 6.17. The van der Waals surface area contributed by atoms with E-state index in [0.29, 0.717) is 5.69 Å². The average molecular weight is 314 g/mol. The van der Waals surface area contributed by atoms with Crippen molar-refractivity contribution in [1.82, 2.24) is 5.32 Å². The number of anilines is 1. The predicted molar refractivity (Wildman–Crippen MR) is 78.8 cm³/mol. The molecule has 0 bridgehead atoms. The number of aliphatic carboxylic acids is 1. The summed E-state index contributed by atoms with van der Waals surface area (Å²) in [5, 5.41) is 11.3. The summed E-state index contributed by atoms with van der Waals surface area (Å²) in [4.78, 5) is 23.0. The highest BCUT2D eigenvalue weighted by atomic mass is 32.2. The van der Waals surface area contributed by atoms with Crippen molar-refractivity contribution in [2.75, 3.05) is 17.7 Å². The average Bonchev–Trinajstić information content (AvgIpc) is 2.36. The maximum absolute atomic E-state index is 12.0. The number of amides is 1. The van der Waals surface area contributed by atoms with E-state index >= 15 is 0 Å². The van der Waals surface area contributed by atoms with Crippen LogP contribution in [0.4, 0.5) is 5.69 Å². The normalized spacial score (nSPS) is 12.7. The molecule has 0 heterocycles. The second-order valence-electron chi connectivity index (χ2n) is 4.85. The Balaban J connectivity index is 2.81. The van der Waals surface area contributed by atoms with E-state index in [-0.39, 0.29) is 17.7 Å². The van der Waals surface area contributed by atoms with Crippen LogP contribution in [0.2, 0.25) is 0 Å². The van der Waals surface area contributed by atoms with Gasteiger partial charge in [-0.05, 0) is 31.0 Å². The third kappa shape index (κ3) is 5.42. The van der Waals surface area contributed by atoms with Gasteiger partial charge in [0.1, 0.15) is 15.9 Å². The molecule has 1 atom stereocenters. The Bertz CT molecular complexity index is 655. The van der Waals surface area contributed by atoms with Crippen LogP contribution in [0.25, 0.3) is 0 Å². The molecule has 1 unspecified atom stereocenters. The summed E-state index contributed by atoms with van der Waals surface area (Å²) in [6.07, 6.45) is 0.815. The van der Waals surface area contributed by atoms with Gasteiger partial charge in [0.05, 0.1) is 5.75 Å². The summed E-state index contributed by atoms with van der Waals surface area (Å²) in [5.74, 6) is -2.21. The standard InChI is InChI=1S/C13H18N2O5S/c1-8-3-4-9(7-10(8)14)12(16)15-11(13(17)18)5-6-21(2,19)20/h3-4,7,11H,5-6,14H2,1-2H3,(H,15,16)(H,17,18). The molecule has 1 aromatic carbocycles. The minimum Gasteiger partial charge on any atom is -0.480 e. The second-order valence-corrected chi connectivity index (χ2v) is 7.11. The topological polar surface area (TPSA) is 127 Å². The van der Waals surface area contributed by atoms with Crippen molar-refractivity contribution in [1.29, 1.82) is 0 Å². The van der Waals surface area contributed by atoms with Gasteiger partial charge < -0.3 is 16.2 Å². The number of carbonyl (C=O) groups is 2. The maximum Gasteiger partial charge on any atom is 0.326 e. The zero-order valence-corrected chi connectivity index (χ0v) is 12.6. The van der Waals surface area contributed by atoms with Gasteiger partial charge in [-0.1, -0.05) is 6.07 Å². The van der Waals surface area contributed by atoms with Gasteiger partial charge in [-0.3, -0.25) is 4.79 Å². The Morgan fingerprint density at radius 1 is 1.38 bits per heavy atom. The largest absolute Gasteiger partial charge is 0.480 e. The van der Waals surface area contributed by atoms with E-state index in [0.717, 1.165) is 11.8 Å². The van der Waals surface area contributed by atoms with Crippen LogP contribution in [0.5, 0.6) is 0 Å². The molecular formula is C13H18N2O5S. The molecule has 7 nitrogen and oxygen atoms in total. The smallest absolute Gasteiger partial charge is 0.326 e. The van der Waals surface area contributed by atoms with E-state index in [1.54, 1.807) is 13.0 Å². The van der Waals surface area contributed by atoms with Crippen molar-refractivity contribution in [3.8, 4) is 0 Å². The van der Waals surface area contributed by atoms with Gasteiger partial charge >= 0.3 is 5.97 Å². The number of benzene rings is 1. The molecule has 0 fully saturated rings. The third-order valence-corrected chi connectivity index (χ3v) is 3.90. The molecule has 0 aliphatic rings. The van der Waals surface area contributed by atoms with Gasteiger partial charge in [0.2, 0.25) is 0 Å². The molecule has 0 aromatic heterocycles. The Morgan fingerprint density at radius 2 is 2.00 bits per heavy atom. The molecule has 0 saturated carbocycles.